The molecule has 29 heavy (non-hydrogen) atoms. The molecule has 1 fully saturated rings. The van der Waals surface area contributed by atoms with Gasteiger partial charge in [0.15, 0.2) is 5.11 Å². The van der Waals surface area contributed by atoms with Crippen LogP contribution in [0.3, 0.4) is 0 Å². The number of benzene rings is 2. The summed E-state index contributed by atoms with van der Waals surface area (Å²) in [5.74, 6) is 0.395. The van der Waals surface area contributed by atoms with Crippen molar-refractivity contribution in [3.05, 3.63) is 58.1 Å². The number of hydrogen-bond acceptors (Lipinski definition) is 4. The Kier molecular flexibility index (Phi) is 7.22. The SMILES string of the molecule is CCOc1ccc(C(=O)NC(=S)Nc2ccc(C(=O)N3CCCC3)cc2)cc1Br. The smallest absolute Gasteiger partial charge is 0.257 e. The van der Waals surface area contributed by atoms with Gasteiger partial charge in [-0.1, -0.05) is 0 Å². The number of nitrogens with zero attached hydrogens (tertiary/aromatic N) is 1. The Morgan fingerprint density at radius 2 is 1.76 bits per heavy atom. The highest BCUT2D eigenvalue weighted by atomic mass is 79.9. The molecule has 2 aromatic rings. The molecular formula is C21H22BrN3O3S. The van der Waals surface area contributed by atoms with E-state index in [0.717, 1.165) is 25.9 Å². The van der Waals surface area contributed by atoms with Crippen molar-refractivity contribution in [1.82, 2.24) is 10.2 Å². The first-order chi connectivity index (χ1) is 14.0. The fourth-order valence-electron chi connectivity index (χ4n) is 3.05. The van der Waals surface area contributed by atoms with E-state index < -0.39 is 0 Å². The van der Waals surface area contributed by atoms with Crippen LogP contribution < -0.4 is 15.4 Å². The second kappa shape index (κ2) is 9.84. The minimum Gasteiger partial charge on any atom is -0.493 e. The zero-order valence-corrected chi connectivity index (χ0v) is 18.4. The molecule has 152 valence electrons. The van der Waals surface area contributed by atoms with Gasteiger partial charge >= 0.3 is 0 Å². The number of ether oxygens (including phenoxy) is 1. The molecule has 0 aromatic heterocycles. The number of hydrogen-bond donors (Lipinski definition) is 2. The summed E-state index contributed by atoms with van der Waals surface area (Å²) in [7, 11) is 0. The molecule has 0 bridgehead atoms. The topological polar surface area (TPSA) is 70.7 Å². The minimum absolute atomic E-state index is 0.0472. The molecule has 1 aliphatic heterocycles. The summed E-state index contributed by atoms with van der Waals surface area (Å²) in [6.07, 6.45) is 2.12. The van der Waals surface area contributed by atoms with E-state index in [1.807, 2.05) is 11.8 Å². The lowest BCUT2D eigenvalue weighted by atomic mass is 10.2. The Labute approximate surface area is 183 Å². The van der Waals surface area contributed by atoms with Gasteiger partial charge in [0.25, 0.3) is 11.8 Å². The fourth-order valence-corrected chi connectivity index (χ4v) is 3.75. The van der Waals surface area contributed by atoms with Crippen molar-refractivity contribution < 1.29 is 14.3 Å². The Morgan fingerprint density at radius 1 is 1.10 bits per heavy atom. The summed E-state index contributed by atoms with van der Waals surface area (Å²) >= 11 is 8.62. The van der Waals surface area contributed by atoms with Crippen LogP contribution >= 0.6 is 28.1 Å². The summed E-state index contributed by atoms with van der Waals surface area (Å²) in [5, 5.41) is 5.79. The van der Waals surface area contributed by atoms with Crippen molar-refractivity contribution in [3.8, 4) is 5.75 Å². The highest BCUT2D eigenvalue weighted by molar-refractivity contribution is 9.10. The largest absolute Gasteiger partial charge is 0.493 e. The first-order valence-corrected chi connectivity index (χ1v) is 10.6. The van der Waals surface area contributed by atoms with E-state index in [-0.39, 0.29) is 16.9 Å². The Bertz CT molecular complexity index is 912. The number of amides is 2. The Morgan fingerprint density at radius 3 is 2.38 bits per heavy atom. The number of thiocarbonyl (C=S) groups is 1. The summed E-state index contributed by atoms with van der Waals surface area (Å²) in [4.78, 5) is 26.7. The van der Waals surface area contributed by atoms with Crippen LogP contribution in [0.4, 0.5) is 5.69 Å². The molecule has 1 aliphatic rings. The summed E-state index contributed by atoms with van der Waals surface area (Å²) in [6, 6.07) is 12.2. The third-order valence-corrected chi connectivity index (χ3v) is 5.33. The van der Waals surface area contributed by atoms with Crippen LogP contribution in [0.1, 0.15) is 40.5 Å². The molecule has 6 nitrogen and oxygen atoms in total. The van der Waals surface area contributed by atoms with Crippen molar-refractivity contribution >= 4 is 50.8 Å². The van der Waals surface area contributed by atoms with Crippen LogP contribution in [0.2, 0.25) is 0 Å². The Hall–Kier alpha value is -2.45. The molecule has 2 aromatic carbocycles. The van der Waals surface area contributed by atoms with Gasteiger partial charge in [0.2, 0.25) is 0 Å². The summed E-state index contributed by atoms with van der Waals surface area (Å²) in [5.41, 5.74) is 1.80. The number of likely N-dealkylation sites (tertiary alicyclic amines) is 1. The molecule has 0 atom stereocenters. The normalized spacial score (nSPS) is 13.1. The zero-order chi connectivity index (χ0) is 20.8. The van der Waals surface area contributed by atoms with Crippen LogP contribution in [-0.2, 0) is 0 Å². The number of nitrogens with one attached hydrogen (secondary N) is 2. The molecule has 0 unspecified atom stereocenters. The molecule has 3 rings (SSSR count). The lowest BCUT2D eigenvalue weighted by Crippen LogP contribution is -2.34. The molecule has 1 saturated heterocycles. The molecule has 0 spiro atoms. The van der Waals surface area contributed by atoms with E-state index >= 15 is 0 Å². The van der Waals surface area contributed by atoms with E-state index in [1.54, 1.807) is 42.5 Å². The van der Waals surface area contributed by atoms with Crippen molar-refractivity contribution in [2.24, 2.45) is 0 Å². The second-order valence-electron chi connectivity index (χ2n) is 6.56. The molecule has 2 amide bonds. The van der Waals surface area contributed by atoms with Gasteiger partial charge in [-0.05, 0) is 90.4 Å². The van der Waals surface area contributed by atoms with E-state index in [2.05, 4.69) is 26.6 Å². The standard InChI is InChI=1S/C21H22BrN3O3S/c1-2-28-18-10-7-15(13-17(18)22)19(26)24-21(29)23-16-8-5-14(6-9-16)20(27)25-11-3-4-12-25/h5-10,13H,2-4,11-12H2,1H3,(H2,23,24,26,29). The quantitative estimate of drug-likeness (QED) is 0.633. The maximum Gasteiger partial charge on any atom is 0.257 e. The molecular weight excluding hydrogens is 454 g/mol. The summed E-state index contributed by atoms with van der Waals surface area (Å²) in [6.45, 7) is 4.07. The van der Waals surface area contributed by atoms with E-state index in [4.69, 9.17) is 17.0 Å². The predicted molar refractivity (Wildman–Crippen MR) is 121 cm³/mol. The van der Waals surface area contributed by atoms with Crippen molar-refractivity contribution in [1.29, 1.82) is 0 Å². The van der Waals surface area contributed by atoms with Gasteiger partial charge < -0.3 is 15.0 Å². The monoisotopic (exact) mass is 475 g/mol. The lowest BCUT2D eigenvalue weighted by molar-refractivity contribution is 0.0792. The van der Waals surface area contributed by atoms with Crippen molar-refractivity contribution in [3.63, 3.8) is 0 Å². The molecule has 0 saturated carbocycles. The summed E-state index contributed by atoms with van der Waals surface area (Å²) < 4.78 is 6.14. The predicted octanol–water partition coefficient (Wildman–Crippen LogP) is 4.21. The third kappa shape index (κ3) is 5.55. The number of carbonyl (C=O) groups is 2. The van der Waals surface area contributed by atoms with Crippen molar-refractivity contribution in [2.45, 2.75) is 19.8 Å². The Balaban J connectivity index is 1.56. The van der Waals surface area contributed by atoms with E-state index in [1.165, 1.54) is 0 Å². The van der Waals surface area contributed by atoms with Crippen molar-refractivity contribution in [2.75, 3.05) is 25.0 Å². The van der Waals surface area contributed by atoms with Gasteiger partial charge in [-0.3, -0.25) is 14.9 Å². The van der Waals surface area contributed by atoms with Crippen LogP contribution in [-0.4, -0.2) is 41.5 Å². The third-order valence-electron chi connectivity index (χ3n) is 4.50. The van der Waals surface area contributed by atoms with Gasteiger partial charge in [0, 0.05) is 29.9 Å². The van der Waals surface area contributed by atoms with Crippen LogP contribution in [0.25, 0.3) is 0 Å². The van der Waals surface area contributed by atoms with Gasteiger partial charge in [-0.15, -0.1) is 0 Å². The molecule has 8 heteroatoms. The highest BCUT2D eigenvalue weighted by Crippen LogP contribution is 2.26. The van der Waals surface area contributed by atoms with E-state index in [9.17, 15) is 9.59 Å². The average Bonchev–Trinajstić information content (AvgIpc) is 3.24. The molecule has 2 N–H and O–H groups in total. The number of rotatable bonds is 5. The van der Waals surface area contributed by atoms with Gasteiger partial charge in [0.1, 0.15) is 5.75 Å². The molecule has 1 heterocycles. The second-order valence-corrected chi connectivity index (χ2v) is 7.83. The van der Waals surface area contributed by atoms with Gasteiger partial charge in [0.05, 0.1) is 11.1 Å². The minimum atomic E-state index is -0.327. The average molecular weight is 476 g/mol. The van der Waals surface area contributed by atoms with Gasteiger partial charge in [-0.2, -0.15) is 0 Å². The number of anilines is 1. The van der Waals surface area contributed by atoms with Gasteiger partial charge in [-0.25, -0.2) is 0 Å². The maximum absolute atomic E-state index is 12.4. The molecule has 0 radical (unpaired) electrons. The highest BCUT2D eigenvalue weighted by Gasteiger charge is 2.19. The maximum atomic E-state index is 12.4. The zero-order valence-electron chi connectivity index (χ0n) is 16.0. The number of halogens is 1. The lowest BCUT2D eigenvalue weighted by Gasteiger charge is -2.15. The number of carbonyl (C=O) groups excluding carboxylic acids is 2. The van der Waals surface area contributed by atoms with E-state index in [0.29, 0.717) is 33.6 Å². The molecule has 0 aliphatic carbocycles. The van der Waals surface area contributed by atoms with Crippen LogP contribution in [0.15, 0.2) is 46.9 Å². The van der Waals surface area contributed by atoms with Crippen LogP contribution in [0, 0.1) is 0 Å². The van der Waals surface area contributed by atoms with Crippen LogP contribution in [0.5, 0.6) is 5.75 Å². The first-order valence-electron chi connectivity index (χ1n) is 9.42. The first kappa shape index (κ1) is 21.3. The fraction of sp³-hybridized carbons (Fsp3) is 0.286.